The molecule has 0 unspecified atom stereocenters. The van der Waals surface area contributed by atoms with E-state index in [9.17, 15) is 0 Å². The molecule has 2 aromatic heterocycles. The zero-order chi connectivity index (χ0) is 11.7. The molecular weight excluding hydrogens is 242 g/mol. The second-order valence-corrected chi connectivity index (χ2v) is 3.68. The third-order valence-corrected chi connectivity index (χ3v) is 2.51. The summed E-state index contributed by atoms with van der Waals surface area (Å²) in [5, 5.41) is 11.9. The Morgan fingerprint density at radius 2 is 1.82 bits per heavy atom. The van der Waals surface area contributed by atoms with Crippen LogP contribution in [0.15, 0.2) is 45.5 Å². The van der Waals surface area contributed by atoms with Crippen LogP contribution in [0.25, 0.3) is 23.1 Å². The molecule has 0 saturated heterocycles. The third kappa shape index (κ3) is 1.81. The van der Waals surface area contributed by atoms with Gasteiger partial charge in [-0.05, 0) is 12.1 Å². The van der Waals surface area contributed by atoms with E-state index in [4.69, 9.17) is 20.5 Å². The molecule has 0 atom stereocenters. The number of benzene rings is 1. The Balaban J connectivity index is 2.04. The lowest BCUT2D eigenvalue weighted by Gasteiger charge is -1.96. The van der Waals surface area contributed by atoms with Gasteiger partial charge in [-0.3, -0.25) is 0 Å². The first-order valence-electron chi connectivity index (χ1n) is 4.84. The predicted octanol–water partition coefficient (Wildman–Crippen LogP) is 3.05. The minimum atomic E-state index is 0.275. The highest BCUT2D eigenvalue weighted by Crippen LogP contribution is 2.28. The molecule has 0 amide bonds. The molecule has 0 radical (unpaired) electrons. The molecule has 6 heteroatoms. The summed E-state index contributed by atoms with van der Waals surface area (Å²) in [6.45, 7) is 0. The number of rotatable bonds is 2. The van der Waals surface area contributed by atoms with Crippen molar-refractivity contribution in [1.82, 2.24) is 15.4 Å². The first kappa shape index (κ1) is 10.0. The van der Waals surface area contributed by atoms with Crippen LogP contribution in [0.4, 0.5) is 0 Å². The van der Waals surface area contributed by atoms with E-state index in [-0.39, 0.29) is 5.89 Å². The topological polar surface area (TPSA) is 65.0 Å². The van der Waals surface area contributed by atoms with Crippen molar-refractivity contribution in [2.24, 2.45) is 0 Å². The van der Waals surface area contributed by atoms with Crippen molar-refractivity contribution >= 4 is 11.6 Å². The maximum absolute atomic E-state index is 6.03. The van der Waals surface area contributed by atoms with Gasteiger partial charge in [0.25, 0.3) is 5.89 Å². The van der Waals surface area contributed by atoms with Crippen LogP contribution in [0.1, 0.15) is 0 Å². The van der Waals surface area contributed by atoms with Crippen LogP contribution in [0.5, 0.6) is 0 Å². The lowest BCUT2D eigenvalue weighted by molar-refractivity contribution is 0.416. The molecule has 0 aliphatic carbocycles. The highest BCUT2D eigenvalue weighted by atomic mass is 35.5. The zero-order valence-electron chi connectivity index (χ0n) is 8.50. The first-order chi connectivity index (χ1) is 8.34. The van der Waals surface area contributed by atoms with Crippen LogP contribution >= 0.6 is 11.6 Å². The van der Waals surface area contributed by atoms with E-state index in [1.165, 1.54) is 6.20 Å². The van der Waals surface area contributed by atoms with Crippen molar-refractivity contribution in [2.75, 3.05) is 0 Å². The first-order valence-corrected chi connectivity index (χ1v) is 5.22. The smallest absolute Gasteiger partial charge is 0.286 e. The Labute approximate surface area is 101 Å². The van der Waals surface area contributed by atoms with Crippen LogP contribution in [-0.2, 0) is 0 Å². The van der Waals surface area contributed by atoms with Crippen LogP contribution in [0.2, 0.25) is 5.02 Å². The average Bonchev–Trinajstić information content (AvgIpc) is 3.00. The predicted molar refractivity (Wildman–Crippen MR) is 60.2 cm³/mol. The van der Waals surface area contributed by atoms with Gasteiger partial charge in [0.15, 0.2) is 0 Å². The van der Waals surface area contributed by atoms with Gasteiger partial charge >= 0.3 is 0 Å². The zero-order valence-corrected chi connectivity index (χ0v) is 9.26. The SMILES string of the molecule is Clc1ccccc1-c1nnc(-c2ccno2)o1. The Morgan fingerprint density at radius 3 is 2.59 bits per heavy atom. The molecule has 3 rings (SSSR count). The molecule has 0 fully saturated rings. The monoisotopic (exact) mass is 247 g/mol. The van der Waals surface area contributed by atoms with E-state index >= 15 is 0 Å². The van der Waals surface area contributed by atoms with Gasteiger partial charge in [0, 0.05) is 6.07 Å². The molecule has 84 valence electrons. The maximum Gasteiger partial charge on any atom is 0.286 e. The van der Waals surface area contributed by atoms with Gasteiger partial charge < -0.3 is 8.94 Å². The molecule has 17 heavy (non-hydrogen) atoms. The normalized spacial score (nSPS) is 10.6. The van der Waals surface area contributed by atoms with Crippen molar-refractivity contribution in [3.05, 3.63) is 41.6 Å². The molecule has 0 bridgehead atoms. The van der Waals surface area contributed by atoms with Crippen molar-refractivity contribution < 1.29 is 8.94 Å². The molecule has 1 aromatic carbocycles. The molecular formula is C11H6ClN3O2. The van der Waals surface area contributed by atoms with Gasteiger partial charge in [0.1, 0.15) is 0 Å². The van der Waals surface area contributed by atoms with E-state index in [2.05, 4.69) is 15.4 Å². The average molecular weight is 248 g/mol. The lowest BCUT2D eigenvalue weighted by atomic mass is 10.2. The van der Waals surface area contributed by atoms with E-state index in [0.717, 1.165) is 0 Å². The molecule has 0 N–H and O–H groups in total. The summed E-state index contributed by atoms with van der Waals surface area (Å²) in [4.78, 5) is 0. The van der Waals surface area contributed by atoms with Crippen LogP contribution in [0, 0.1) is 0 Å². The highest BCUT2D eigenvalue weighted by molar-refractivity contribution is 6.33. The fourth-order valence-corrected chi connectivity index (χ4v) is 1.61. The van der Waals surface area contributed by atoms with Gasteiger partial charge in [-0.2, -0.15) is 0 Å². The second-order valence-electron chi connectivity index (χ2n) is 3.27. The molecule has 0 saturated carbocycles. The van der Waals surface area contributed by atoms with Gasteiger partial charge in [0.05, 0.1) is 16.8 Å². The Kier molecular flexibility index (Phi) is 2.38. The summed E-state index contributed by atoms with van der Waals surface area (Å²) < 4.78 is 10.4. The lowest BCUT2D eigenvalue weighted by Crippen LogP contribution is -1.78. The van der Waals surface area contributed by atoms with Gasteiger partial charge in [-0.15, -0.1) is 10.2 Å². The number of hydrogen-bond acceptors (Lipinski definition) is 5. The molecule has 5 nitrogen and oxygen atoms in total. The third-order valence-electron chi connectivity index (χ3n) is 2.18. The van der Waals surface area contributed by atoms with E-state index in [1.807, 2.05) is 12.1 Å². The van der Waals surface area contributed by atoms with Gasteiger partial charge in [-0.1, -0.05) is 28.9 Å². The Morgan fingerprint density at radius 1 is 1.00 bits per heavy atom. The fourth-order valence-electron chi connectivity index (χ4n) is 1.39. The van der Waals surface area contributed by atoms with E-state index < -0.39 is 0 Å². The molecule has 0 spiro atoms. The Bertz CT molecular complexity index is 634. The minimum Gasteiger partial charge on any atom is -0.413 e. The van der Waals surface area contributed by atoms with Crippen molar-refractivity contribution in [3.8, 4) is 23.1 Å². The Hall–Kier alpha value is -2.14. The number of aromatic nitrogens is 3. The van der Waals surface area contributed by atoms with Gasteiger partial charge in [0.2, 0.25) is 11.7 Å². The fraction of sp³-hybridized carbons (Fsp3) is 0. The van der Waals surface area contributed by atoms with E-state index in [1.54, 1.807) is 18.2 Å². The summed E-state index contributed by atoms with van der Waals surface area (Å²) in [7, 11) is 0. The van der Waals surface area contributed by atoms with E-state index in [0.29, 0.717) is 22.2 Å². The summed E-state index contributed by atoms with van der Waals surface area (Å²) >= 11 is 6.03. The van der Waals surface area contributed by atoms with Crippen molar-refractivity contribution in [1.29, 1.82) is 0 Å². The maximum atomic E-state index is 6.03. The molecule has 2 heterocycles. The quantitative estimate of drug-likeness (QED) is 0.696. The summed E-state index contributed by atoms with van der Waals surface area (Å²) in [5.41, 5.74) is 0.687. The molecule has 0 aliphatic rings. The van der Waals surface area contributed by atoms with Crippen LogP contribution in [0.3, 0.4) is 0 Å². The van der Waals surface area contributed by atoms with Crippen molar-refractivity contribution in [2.45, 2.75) is 0 Å². The van der Waals surface area contributed by atoms with Crippen LogP contribution < -0.4 is 0 Å². The summed E-state index contributed by atoms with van der Waals surface area (Å²) in [6, 6.07) is 8.89. The number of hydrogen-bond donors (Lipinski definition) is 0. The highest BCUT2D eigenvalue weighted by Gasteiger charge is 2.14. The molecule has 3 aromatic rings. The van der Waals surface area contributed by atoms with Gasteiger partial charge in [-0.25, -0.2) is 0 Å². The minimum absolute atomic E-state index is 0.275. The summed E-state index contributed by atoms with van der Waals surface area (Å²) in [5.74, 6) is 1.05. The standard InChI is InChI=1S/C11H6ClN3O2/c12-8-4-2-1-3-7(8)10-14-15-11(16-10)9-5-6-13-17-9/h1-6H. The number of halogens is 1. The number of nitrogens with zero attached hydrogens (tertiary/aromatic N) is 3. The summed E-state index contributed by atoms with van der Waals surface area (Å²) in [6.07, 6.45) is 1.51. The van der Waals surface area contributed by atoms with Crippen molar-refractivity contribution in [3.63, 3.8) is 0 Å². The van der Waals surface area contributed by atoms with Crippen LogP contribution in [-0.4, -0.2) is 15.4 Å². The second kappa shape index (κ2) is 4.03. The molecule has 0 aliphatic heterocycles. The largest absolute Gasteiger partial charge is 0.413 e.